The maximum atomic E-state index is 12.7. The third kappa shape index (κ3) is 4.39. The quantitative estimate of drug-likeness (QED) is 0.476. The summed E-state index contributed by atoms with van der Waals surface area (Å²) in [5, 5.41) is 2.92. The number of hydroxylamine groups is 4. The molecule has 7 heteroatoms. The second-order valence-electron chi connectivity index (χ2n) is 9.66. The van der Waals surface area contributed by atoms with Gasteiger partial charge in [0.05, 0.1) is 11.1 Å². The fraction of sp³-hybridized carbons (Fsp3) is 0.440. The smallest absolute Gasteiger partial charge is 0.285 e. The van der Waals surface area contributed by atoms with Gasteiger partial charge < -0.3 is 0 Å². The number of hydrogen-bond acceptors (Lipinski definition) is 5. The maximum absolute atomic E-state index is 12.7. The molecule has 1 fully saturated rings. The van der Waals surface area contributed by atoms with Gasteiger partial charge in [0.15, 0.2) is 0 Å². The molecule has 0 spiro atoms. The number of nitrogens with zero attached hydrogens (tertiary/aromatic N) is 2. The minimum atomic E-state index is -0.496. The van der Waals surface area contributed by atoms with Gasteiger partial charge >= 0.3 is 0 Å². The van der Waals surface area contributed by atoms with Crippen LogP contribution in [-0.2, 0) is 9.68 Å². The number of halogens is 1. The highest BCUT2D eigenvalue weighted by Crippen LogP contribution is 2.40. The topological polar surface area (TPSA) is 59.1 Å². The molecule has 0 bridgehead atoms. The number of imide groups is 1. The lowest BCUT2D eigenvalue weighted by Gasteiger charge is -2.52. The van der Waals surface area contributed by atoms with Crippen molar-refractivity contribution in [2.75, 3.05) is 6.61 Å². The van der Waals surface area contributed by atoms with Crippen molar-refractivity contribution >= 4 is 27.7 Å². The molecule has 4 rings (SSSR count). The lowest BCUT2D eigenvalue weighted by molar-refractivity contribution is -0.318. The summed E-state index contributed by atoms with van der Waals surface area (Å²) >= 11 is 3.47. The number of rotatable bonds is 6. The summed E-state index contributed by atoms with van der Waals surface area (Å²) in [7, 11) is 0. The molecular weight excluding hydrogens is 472 g/mol. The molecule has 1 saturated heterocycles. The molecule has 2 aliphatic rings. The van der Waals surface area contributed by atoms with Crippen molar-refractivity contribution in [1.29, 1.82) is 0 Å². The first-order valence-corrected chi connectivity index (χ1v) is 11.7. The molecule has 2 aliphatic heterocycles. The van der Waals surface area contributed by atoms with Crippen molar-refractivity contribution in [3.63, 3.8) is 0 Å². The van der Waals surface area contributed by atoms with E-state index in [1.165, 1.54) is 0 Å². The summed E-state index contributed by atoms with van der Waals surface area (Å²) in [6, 6.07) is 14.6. The van der Waals surface area contributed by atoms with E-state index in [-0.39, 0.29) is 17.7 Å². The number of piperidine rings is 1. The van der Waals surface area contributed by atoms with Gasteiger partial charge in [-0.3, -0.25) is 19.3 Å². The van der Waals surface area contributed by atoms with Crippen molar-refractivity contribution in [3.8, 4) is 0 Å². The zero-order chi connectivity index (χ0) is 23.1. The van der Waals surface area contributed by atoms with E-state index in [0.29, 0.717) is 11.1 Å². The van der Waals surface area contributed by atoms with Crippen molar-refractivity contribution in [2.45, 2.75) is 64.1 Å². The van der Waals surface area contributed by atoms with Crippen LogP contribution in [-0.4, -0.2) is 39.6 Å². The van der Waals surface area contributed by atoms with E-state index in [0.717, 1.165) is 34.4 Å². The van der Waals surface area contributed by atoms with Crippen molar-refractivity contribution in [3.05, 3.63) is 69.7 Å². The number of carbonyl (C=O) groups is 2. The summed E-state index contributed by atoms with van der Waals surface area (Å²) in [6.45, 7) is 8.74. The van der Waals surface area contributed by atoms with Gasteiger partial charge in [0, 0.05) is 15.6 Å². The highest BCUT2D eigenvalue weighted by Gasteiger charge is 2.44. The highest BCUT2D eigenvalue weighted by atomic mass is 79.9. The van der Waals surface area contributed by atoms with Gasteiger partial charge in [0.1, 0.15) is 12.7 Å². The zero-order valence-electron chi connectivity index (χ0n) is 18.9. The molecule has 0 N–H and O–H groups in total. The summed E-state index contributed by atoms with van der Waals surface area (Å²) in [5.41, 5.74) is 1.30. The van der Waals surface area contributed by atoms with Gasteiger partial charge in [-0.2, -0.15) is 5.06 Å². The Balaban J connectivity index is 1.58. The Labute approximate surface area is 197 Å². The normalized spacial score (nSPS) is 21.0. The summed E-state index contributed by atoms with van der Waals surface area (Å²) in [6.07, 6.45) is 2.67. The van der Waals surface area contributed by atoms with Crippen molar-refractivity contribution in [2.24, 2.45) is 0 Å². The average Bonchev–Trinajstić information content (AvgIpc) is 2.98. The Morgan fingerprint density at radius 1 is 0.906 bits per heavy atom. The van der Waals surface area contributed by atoms with E-state index in [2.05, 4.69) is 48.7 Å². The average molecular weight is 501 g/mol. The molecule has 6 nitrogen and oxygen atoms in total. The summed E-state index contributed by atoms with van der Waals surface area (Å²) in [5.74, 6) is -0.891. The fourth-order valence-corrected chi connectivity index (χ4v) is 4.94. The largest absolute Gasteiger partial charge is 0.287 e. The second kappa shape index (κ2) is 8.71. The van der Waals surface area contributed by atoms with Gasteiger partial charge in [-0.25, -0.2) is 0 Å². The van der Waals surface area contributed by atoms with Crippen LogP contribution in [0, 0.1) is 0 Å². The Morgan fingerprint density at radius 2 is 1.44 bits per heavy atom. The van der Waals surface area contributed by atoms with Crippen molar-refractivity contribution in [1.82, 2.24) is 10.1 Å². The Bertz CT molecular complexity index is 968. The summed E-state index contributed by atoms with van der Waals surface area (Å²) < 4.78 is 0.958. The van der Waals surface area contributed by atoms with Crippen LogP contribution >= 0.6 is 15.9 Å². The van der Waals surface area contributed by atoms with Crippen LogP contribution in [0.5, 0.6) is 0 Å². The number of amides is 2. The highest BCUT2D eigenvalue weighted by molar-refractivity contribution is 9.10. The van der Waals surface area contributed by atoms with Gasteiger partial charge in [0.2, 0.25) is 0 Å². The Kier molecular flexibility index (Phi) is 6.29. The molecule has 0 aromatic heterocycles. The molecular formula is C25H29BrN2O4. The first kappa shape index (κ1) is 23.1. The predicted octanol–water partition coefficient (Wildman–Crippen LogP) is 5.69. The molecule has 170 valence electrons. The van der Waals surface area contributed by atoms with Crippen LogP contribution in [0.15, 0.2) is 53.0 Å². The number of fused-ring (bicyclic) bond motifs is 1. The minimum Gasteiger partial charge on any atom is -0.287 e. The van der Waals surface area contributed by atoms with Crippen LogP contribution in [0.2, 0.25) is 0 Å². The molecule has 1 unspecified atom stereocenters. The summed E-state index contributed by atoms with van der Waals surface area (Å²) in [4.78, 5) is 37.8. The van der Waals surface area contributed by atoms with Crippen LogP contribution < -0.4 is 0 Å². The third-order valence-corrected chi connectivity index (χ3v) is 6.79. The zero-order valence-corrected chi connectivity index (χ0v) is 20.5. The predicted molar refractivity (Wildman–Crippen MR) is 125 cm³/mol. The third-order valence-electron chi connectivity index (χ3n) is 6.26. The lowest BCUT2D eigenvalue weighted by atomic mass is 9.82. The molecule has 0 saturated carbocycles. The van der Waals surface area contributed by atoms with E-state index in [4.69, 9.17) is 9.68 Å². The molecule has 0 radical (unpaired) electrons. The molecule has 1 atom stereocenters. The Hall–Kier alpha value is -2.06. The molecule has 2 amide bonds. The van der Waals surface area contributed by atoms with Gasteiger partial charge in [-0.05, 0) is 76.8 Å². The van der Waals surface area contributed by atoms with Crippen molar-refractivity contribution < 1.29 is 19.3 Å². The minimum absolute atomic E-state index is 0.0236. The molecule has 32 heavy (non-hydrogen) atoms. The van der Waals surface area contributed by atoms with Crippen LogP contribution in [0.1, 0.15) is 79.3 Å². The van der Waals surface area contributed by atoms with E-state index >= 15 is 0 Å². The first-order chi connectivity index (χ1) is 15.1. The van der Waals surface area contributed by atoms with E-state index in [1.54, 1.807) is 24.3 Å². The second-order valence-corrected chi connectivity index (χ2v) is 10.6. The SMILES string of the molecule is CC1(C)CCCC(C)(C)N1OC(CON1C(=O)c2ccccc2C1=O)c1ccc(Br)cc1. The van der Waals surface area contributed by atoms with Gasteiger partial charge in [-0.1, -0.05) is 40.2 Å². The number of hydrogen-bond donors (Lipinski definition) is 0. The number of carbonyl (C=O) groups excluding carboxylic acids is 2. The molecule has 0 aliphatic carbocycles. The standard InChI is InChI=1S/C25H29BrN2O4/c1-24(2)14-7-15-25(3,4)28(24)32-21(17-10-12-18(26)13-11-17)16-31-27-22(29)19-8-5-6-9-20(19)23(27)30/h5-6,8-13,21H,7,14-16H2,1-4H3. The first-order valence-electron chi connectivity index (χ1n) is 10.9. The monoisotopic (exact) mass is 500 g/mol. The lowest BCUT2D eigenvalue weighted by Crippen LogP contribution is -2.58. The van der Waals surface area contributed by atoms with Crippen LogP contribution in [0.4, 0.5) is 0 Å². The van der Waals surface area contributed by atoms with Crippen LogP contribution in [0.25, 0.3) is 0 Å². The van der Waals surface area contributed by atoms with Crippen LogP contribution in [0.3, 0.4) is 0 Å². The van der Waals surface area contributed by atoms with E-state index in [1.807, 2.05) is 24.3 Å². The molecule has 2 heterocycles. The van der Waals surface area contributed by atoms with Gasteiger partial charge in [0.25, 0.3) is 11.8 Å². The van der Waals surface area contributed by atoms with Gasteiger partial charge in [-0.15, -0.1) is 5.06 Å². The Morgan fingerprint density at radius 3 is 1.97 bits per heavy atom. The maximum Gasteiger partial charge on any atom is 0.285 e. The fourth-order valence-electron chi connectivity index (χ4n) is 4.68. The molecule has 2 aromatic rings. The molecule has 2 aromatic carbocycles. The van der Waals surface area contributed by atoms with E-state index in [9.17, 15) is 9.59 Å². The van der Waals surface area contributed by atoms with E-state index < -0.39 is 17.9 Å². The number of benzene rings is 2.